The van der Waals surface area contributed by atoms with Crippen LogP contribution in [0.5, 0.6) is 0 Å². The number of anilines is 1. The number of carbonyl (C=O) groups excluding carboxylic acids is 2. The fraction of sp³-hybridized carbons (Fsp3) is 0.0588. The van der Waals surface area contributed by atoms with Gasteiger partial charge in [-0.2, -0.15) is 0 Å². The molecule has 4 heteroatoms. The van der Waals surface area contributed by atoms with Gasteiger partial charge in [0, 0.05) is 17.2 Å². The molecule has 2 aromatic carbocycles. The van der Waals surface area contributed by atoms with Gasteiger partial charge in [0.1, 0.15) is 5.82 Å². The third-order valence-corrected chi connectivity index (χ3v) is 2.88. The van der Waals surface area contributed by atoms with Gasteiger partial charge in [0.15, 0.2) is 5.78 Å². The summed E-state index contributed by atoms with van der Waals surface area (Å²) in [5.41, 5.74) is 1.20. The summed E-state index contributed by atoms with van der Waals surface area (Å²) in [5.74, 6) is -0.957. The molecule has 0 bridgehead atoms. The molecule has 1 N–H and O–H groups in total. The molecule has 0 radical (unpaired) electrons. The molecule has 0 heterocycles. The molecule has 106 valence electrons. The van der Waals surface area contributed by atoms with Crippen molar-refractivity contribution in [3.05, 3.63) is 71.6 Å². The van der Waals surface area contributed by atoms with E-state index in [1.807, 2.05) is 0 Å². The van der Waals surface area contributed by atoms with Crippen LogP contribution in [0.3, 0.4) is 0 Å². The molecule has 0 unspecified atom stereocenters. The molecule has 0 fully saturated rings. The predicted molar refractivity (Wildman–Crippen MR) is 80.5 cm³/mol. The number of benzene rings is 2. The van der Waals surface area contributed by atoms with E-state index in [1.54, 1.807) is 42.5 Å². The lowest BCUT2D eigenvalue weighted by molar-refractivity contribution is -0.111. The van der Waals surface area contributed by atoms with Crippen LogP contribution in [0.15, 0.2) is 54.6 Å². The Kier molecular flexibility index (Phi) is 4.61. The molecular formula is C17H14FNO2. The molecule has 21 heavy (non-hydrogen) atoms. The van der Waals surface area contributed by atoms with Gasteiger partial charge in [0.05, 0.1) is 5.69 Å². The molecule has 0 saturated heterocycles. The van der Waals surface area contributed by atoms with E-state index >= 15 is 0 Å². The number of Topliss-reactive ketones (excluding diaryl/α,β-unsaturated/α-hetero) is 1. The van der Waals surface area contributed by atoms with Crippen molar-refractivity contribution in [2.45, 2.75) is 6.92 Å². The minimum atomic E-state index is -0.424. The normalized spacial score (nSPS) is 10.6. The maximum atomic E-state index is 13.4. The molecule has 0 spiro atoms. The van der Waals surface area contributed by atoms with Crippen LogP contribution < -0.4 is 5.32 Å². The number of halogens is 1. The van der Waals surface area contributed by atoms with Crippen LogP contribution >= 0.6 is 0 Å². The van der Waals surface area contributed by atoms with Crippen LogP contribution in [-0.2, 0) is 4.79 Å². The SMILES string of the molecule is CC(=O)c1ccccc1NC(=O)/C=C/c1ccccc1F. The summed E-state index contributed by atoms with van der Waals surface area (Å²) >= 11 is 0. The number of carbonyl (C=O) groups is 2. The molecule has 0 aromatic heterocycles. The summed E-state index contributed by atoms with van der Waals surface area (Å²) in [6.45, 7) is 1.43. The second-order valence-corrected chi connectivity index (χ2v) is 4.45. The van der Waals surface area contributed by atoms with Gasteiger partial charge in [0.25, 0.3) is 0 Å². The summed E-state index contributed by atoms with van der Waals surface area (Å²) in [6.07, 6.45) is 2.62. The number of amides is 1. The molecule has 0 atom stereocenters. The smallest absolute Gasteiger partial charge is 0.248 e. The van der Waals surface area contributed by atoms with Crippen molar-refractivity contribution in [2.24, 2.45) is 0 Å². The zero-order valence-corrected chi connectivity index (χ0v) is 11.5. The number of rotatable bonds is 4. The maximum absolute atomic E-state index is 13.4. The minimum absolute atomic E-state index is 0.135. The van der Waals surface area contributed by atoms with Crippen LogP contribution in [0, 0.1) is 5.82 Å². The van der Waals surface area contributed by atoms with Gasteiger partial charge in [-0.3, -0.25) is 9.59 Å². The second kappa shape index (κ2) is 6.61. The molecule has 1 amide bonds. The summed E-state index contributed by atoms with van der Waals surface area (Å²) in [6, 6.07) is 12.9. The highest BCUT2D eigenvalue weighted by Crippen LogP contribution is 2.16. The van der Waals surface area contributed by atoms with Crippen molar-refractivity contribution >= 4 is 23.5 Å². The topological polar surface area (TPSA) is 46.2 Å². The van der Waals surface area contributed by atoms with Crippen molar-refractivity contribution in [1.29, 1.82) is 0 Å². The molecule has 2 rings (SSSR count). The average Bonchev–Trinajstić information content (AvgIpc) is 2.47. The van der Waals surface area contributed by atoms with Gasteiger partial charge in [-0.05, 0) is 31.2 Å². The summed E-state index contributed by atoms with van der Waals surface area (Å²) in [5, 5.41) is 2.61. The zero-order valence-electron chi connectivity index (χ0n) is 11.5. The lowest BCUT2D eigenvalue weighted by Gasteiger charge is -2.06. The number of hydrogen-bond donors (Lipinski definition) is 1. The fourth-order valence-corrected chi connectivity index (χ4v) is 1.85. The number of nitrogens with one attached hydrogen (secondary N) is 1. The summed E-state index contributed by atoms with van der Waals surface area (Å²) in [7, 11) is 0. The Morgan fingerprint density at radius 1 is 1.05 bits per heavy atom. The largest absolute Gasteiger partial charge is 0.322 e. The minimum Gasteiger partial charge on any atom is -0.322 e. The van der Waals surface area contributed by atoms with Crippen molar-refractivity contribution in [3.8, 4) is 0 Å². The van der Waals surface area contributed by atoms with Crippen molar-refractivity contribution in [2.75, 3.05) is 5.32 Å². The van der Waals surface area contributed by atoms with Gasteiger partial charge in [-0.1, -0.05) is 30.3 Å². The quantitative estimate of drug-likeness (QED) is 0.687. The van der Waals surface area contributed by atoms with Gasteiger partial charge in [0.2, 0.25) is 5.91 Å². The second-order valence-electron chi connectivity index (χ2n) is 4.45. The van der Waals surface area contributed by atoms with E-state index in [0.717, 1.165) is 0 Å². The Morgan fingerprint density at radius 2 is 1.71 bits per heavy atom. The van der Waals surface area contributed by atoms with Crippen LogP contribution in [0.2, 0.25) is 0 Å². The van der Waals surface area contributed by atoms with E-state index in [2.05, 4.69) is 5.32 Å². The first-order chi connectivity index (χ1) is 10.1. The molecule has 0 aliphatic rings. The molecule has 0 aliphatic carbocycles. The Morgan fingerprint density at radius 3 is 2.43 bits per heavy atom. The van der Waals surface area contributed by atoms with Crippen LogP contribution in [0.4, 0.5) is 10.1 Å². The lowest BCUT2D eigenvalue weighted by atomic mass is 10.1. The first-order valence-electron chi connectivity index (χ1n) is 6.41. The van der Waals surface area contributed by atoms with Crippen molar-refractivity contribution < 1.29 is 14.0 Å². The first kappa shape index (κ1) is 14.7. The third-order valence-electron chi connectivity index (χ3n) is 2.88. The summed E-state index contributed by atoms with van der Waals surface area (Å²) in [4.78, 5) is 23.3. The van der Waals surface area contributed by atoms with E-state index in [0.29, 0.717) is 16.8 Å². The lowest BCUT2D eigenvalue weighted by Crippen LogP contribution is -2.11. The fourth-order valence-electron chi connectivity index (χ4n) is 1.85. The van der Waals surface area contributed by atoms with E-state index in [-0.39, 0.29) is 5.78 Å². The van der Waals surface area contributed by atoms with Crippen LogP contribution in [0.1, 0.15) is 22.8 Å². The highest BCUT2D eigenvalue weighted by Gasteiger charge is 2.07. The third kappa shape index (κ3) is 3.86. The number of para-hydroxylation sites is 1. The van der Waals surface area contributed by atoms with Gasteiger partial charge in [-0.25, -0.2) is 4.39 Å². The first-order valence-corrected chi connectivity index (χ1v) is 6.41. The van der Waals surface area contributed by atoms with Crippen LogP contribution in [-0.4, -0.2) is 11.7 Å². The van der Waals surface area contributed by atoms with Crippen molar-refractivity contribution in [1.82, 2.24) is 0 Å². The average molecular weight is 283 g/mol. The molecule has 3 nitrogen and oxygen atoms in total. The van der Waals surface area contributed by atoms with Crippen LogP contribution in [0.25, 0.3) is 6.08 Å². The van der Waals surface area contributed by atoms with E-state index in [1.165, 1.54) is 25.1 Å². The zero-order chi connectivity index (χ0) is 15.2. The molecular weight excluding hydrogens is 269 g/mol. The van der Waals surface area contributed by atoms with Crippen molar-refractivity contribution in [3.63, 3.8) is 0 Å². The maximum Gasteiger partial charge on any atom is 0.248 e. The Labute approximate surface area is 122 Å². The molecule has 0 aliphatic heterocycles. The Hall–Kier alpha value is -2.75. The van der Waals surface area contributed by atoms with Gasteiger partial charge < -0.3 is 5.32 Å². The predicted octanol–water partition coefficient (Wildman–Crippen LogP) is 3.68. The number of ketones is 1. The number of hydrogen-bond acceptors (Lipinski definition) is 2. The van der Waals surface area contributed by atoms with Gasteiger partial charge in [-0.15, -0.1) is 0 Å². The van der Waals surface area contributed by atoms with E-state index in [9.17, 15) is 14.0 Å². The Balaban J connectivity index is 2.13. The van der Waals surface area contributed by atoms with Gasteiger partial charge >= 0.3 is 0 Å². The molecule has 2 aromatic rings. The summed E-state index contributed by atoms with van der Waals surface area (Å²) < 4.78 is 13.4. The standard InChI is InChI=1S/C17H14FNO2/c1-12(20)14-7-3-5-9-16(14)19-17(21)11-10-13-6-2-4-8-15(13)18/h2-11H,1H3,(H,19,21)/b11-10+. The Bertz CT molecular complexity index is 707. The molecule has 0 saturated carbocycles. The van der Waals surface area contributed by atoms with E-state index in [4.69, 9.17) is 0 Å². The van der Waals surface area contributed by atoms with E-state index < -0.39 is 11.7 Å². The highest BCUT2D eigenvalue weighted by atomic mass is 19.1. The highest BCUT2D eigenvalue weighted by molar-refractivity contribution is 6.07. The monoisotopic (exact) mass is 283 g/mol.